The summed E-state index contributed by atoms with van der Waals surface area (Å²) in [6.07, 6.45) is 0. The van der Waals surface area contributed by atoms with Crippen LogP contribution in [0.2, 0.25) is 0 Å². The summed E-state index contributed by atoms with van der Waals surface area (Å²) in [5, 5.41) is 17.5. The zero-order valence-electron chi connectivity index (χ0n) is 15.4. The summed E-state index contributed by atoms with van der Waals surface area (Å²) in [5.74, 6) is -1.14. The Balaban J connectivity index is 1.66. The number of primary amides is 1. The van der Waals surface area contributed by atoms with Gasteiger partial charge in [-0.3, -0.25) is 14.4 Å². The number of aromatic hydroxyl groups is 1. The molecule has 3 rings (SSSR count). The summed E-state index contributed by atoms with van der Waals surface area (Å²) in [5.41, 5.74) is 7.03. The number of thioether (sulfide) groups is 1. The highest BCUT2D eigenvalue weighted by atomic mass is 32.2. The fraction of sp³-hybridized carbons (Fsp3) is 0.158. The number of carbonyl (C=O) groups is 3. The van der Waals surface area contributed by atoms with E-state index in [0.29, 0.717) is 22.1 Å². The van der Waals surface area contributed by atoms with Crippen LogP contribution in [0.4, 0.5) is 11.4 Å². The van der Waals surface area contributed by atoms with Crippen LogP contribution in [-0.2, 0) is 9.59 Å². The van der Waals surface area contributed by atoms with Crippen molar-refractivity contribution in [3.8, 4) is 5.75 Å². The SMILES string of the molecule is CC(=O)Nc1ccc(C(=O)NC2SC(Nc3ccc(O)cc3)=NC2C(N)=O)cc1. The molecule has 1 aliphatic rings. The predicted molar refractivity (Wildman–Crippen MR) is 112 cm³/mol. The Hall–Kier alpha value is -3.53. The van der Waals surface area contributed by atoms with Gasteiger partial charge >= 0.3 is 0 Å². The van der Waals surface area contributed by atoms with E-state index in [2.05, 4.69) is 20.9 Å². The monoisotopic (exact) mass is 413 g/mol. The third-order valence-electron chi connectivity index (χ3n) is 3.93. The highest BCUT2D eigenvalue weighted by Gasteiger charge is 2.35. The van der Waals surface area contributed by atoms with Gasteiger partial charge in [-0.25, -0.2) is 4.99 Å². The minimum Gasteiger partial charge on any atom is -0.508 e. The van der Waals surface area contributed by atoms with Crippen LogP contribution in [0.5, 0.6) is 5.75 Å². The van der Waals surface area contributed by atoms with Crippen LogP contribution in [0.15, 0.2) is 53.5 Å². The molecular weight excluding hydrogens is 394 g/mol. The van der Waals surface area contributed by atoms with E-state index < -0.39 is 23.2 Å². The van der Waals surface area contributed by atoms with Gasteiger partial charge in [0.2, 0.25) is 11.8 Å². The Bertz CT molecular complexity index is 960. The van der Waals surface area contributed by atoms with E-state index in [9.17, 15) is 19.5 Å². The first-order chi connectivity index (χ1) is 13.8. The lowest BCUT2D eigenvalue weighted by molar-refractivity contribution is -0.119. The second kappa shape index (κ2) is 8.65. The van der Waals surface area contributed by atoms with E-state index >= 15 is 0 Å². The van der Waals surface area contributed by atoms with E-state index in [1.54, 1.807) is 36.4 Å². The van der Waals surface area contributed by atoms with Crippen molar-refractivity contribution in [1.29, 1.82) is 0 Å². The number of nitrogens with zero attached hydrogens (tertiary/aromatic N) is 1. The number of phenolic OH excluding ortho intramolecular Hbond substituents is 1. The van der Waals surface area contributed by atoms with Crippen molar-refractivity contribution in [2.45, 2.75) is 18.3 Å². The van der Waals surface area contributed by atoms with Crippen LogP contribution in [0, 0.1) is 0 Å². The first kappa shape index (κ1) is 20.2. The van der Waals surface area contributed by atoms with Gasteiger partial charge in [-0.05, 0) is 48.5 Å². The van der Waals surface area contributed by atoms with Crippen molar-refractivity contribution in [2.24, 2.45) is 10.7 Å². The molecule has 2 atom stereocenters. The summed E-state index contributed by atoms with van der Waals surface area (Å²) < 4.78 is 0. The van der Waals surface area contributed by atoms with Gasteiger partial charge < -0.3 is 26.8 Å². The summed E-state index contributed by atoms with van der Waals surface area (Å²) in [6.45, 7) is 1.39. The molecule has 0 bridgehead atoms. The number of carbonyl (C=O) groups excluding carboxylic acids is 3. The molecule has 150 valence electrons. The highest BCUT2D eigenvalue weighted by Crippen LogP contribution is 2.27. The number of rotatable bonds is 5. The molecule has 0 aliphatic carbocycles. The van der Waals surface area contributed by atoms with Crippen molar-refractivity contribution in [3.63, 3.8) is 0 Å². The van der Waals surface area contributed by atoms with Gasteiger partial charge in [0.25, 0.3) is 5.91 Å². The number of hydrogen-bond acceptors (Lipinski definition) is 7. The Morgan fingerprint density at radius 1 is 1.03 bits per heavy atom. The maximum atomic E-state index is 12.5. The second-order valence-electron chi connectivity index (χ2n) is 6.22. The van der Waals surface area contributed by atoms with Gasteiger partial charge in [0.15, 0.2) is 11.2 Å². The number of benzene rings is 2. The average molecular weight is 413 g/mol. The Labute approximate surface area is 170 Å². The number of nitrogens with one attached hydrogen (secondary N) is 3. The van der Waals surface area contributed by atoms with Gasteiger partial charge in [0.05, 0.1) is 0 Å². The Morgan fingerprint density at radius 3 is 2.24 bits per heavy atom. The van der Waals surface area contributed by atoms with Crippen molar-refractivity contribution in [1.82, 2.24) is 5.32 Å². The molecule has 9 nitrogen and oxygen atoms in total. The molecule has 0 fully saturated rings. The lowest BCUT2D eigenvalue weighted by Gasteiger charge is -2.16. The van der Waals surface area contributed by atoms with Crippen LogP contribution >= 0.6 is 11.8 Å². The fourth-order valence-electron chi connectivity index (χ4n) is 2.58. The largest absolute Gasteiger partial charge is 0.508 e. The number of phenols is 1. The molecule has 3 amide bonds. The van der Waals surface area contributed by atoms with Crippen LogP contribution in [-0.4, -0.2) is 39.4 Å². The Morgan fingerprint density at radius 2 is 1.66 bits per heavy atom. The van der Waals surface area contributed by atoms with E-state index in [-0.39, 0.29) is 11.7 Å². The van der Waals surface area contributed by atoms with E-state index in [4.69, 9.17) is 5.73 Å². The van der Waals surface area contributed by atoms with E-state index in [1.807, 2.05) is 0 Å². The lowest BCUT2D eigenvalue weighted by atomic mass is 10.2. The molecule has 0 spiro atoms. The van der Waals surface area contributed by atoms with Crippen LogP contribution < -0.4 is 21.7 Å². The summed E-state index contributed by atoms with van der Waals surface area (Å²) >= 11 is 1.17. The number of amides is 3. The fourth-order valence-corrected chi connectivity index (χ4v) is 3.66. The zero-order valence-corrected chi connectivity index (χ0v) is 16.2. The molecule has 10 heteroatoms. The average Bonchev–Trinajstić information content (AvgIpc) is 3.06. The van der Waals surface area contributed by atoms with Crippen molar-refractivity contribution in [3.05, 3.63) is 54.1 Å². The lowest BCUT2D eigenvalue weighted by Crippen LogP contribution is -2.44. The third-order valence-corrected chi connectivity index (χ3v) is 4.99. The summed E-state index contributed by atoms with van der Waals surface area (Å²) in [7, 11) is 0. The van der Waals surface area contributed by atoms with Crippen molar-refractivity contribution >= 4 is 46.0 Å². The summed E-state index contributed by atoms with van der Waals surface area (Å²) in [4.78, 5) is 39.6. The molecule has 0 saturated carbocycles. The molecule has 29 heavy (non-hydrogen) atoms. The van der Waals surface area contributed by atoms with Gasteiger partial charge in [0.1, 0.15) is 11.1 Å². The molecule has 0 radical (unpaired) electrons. The van der Waals surface area contributed by atoms with Crippen LogP contribution in [0.25, 0.3) is 0 Å². The minimum absolute atomic E-state index is 0.126. The van der Waals surface area contributed by atoms with Gasteiger partial charge in [-0.1, -0.05) is 11.8 Å². The van der Waals surface area contributed by atoms with E-state index in [0.717, 1.165) is 0 Å². The molecule has 6 N–H and O–H groups in total. The maximum absolute atomic E-state index is 12.5. The molecule has 2 unspecified atom stereocenters. The molecule has 1 aliphatic heterocycles. The molecular formula is C19H19N5O4S. The smallest absolute Gasteiger partial charge is 0.252 e. The Kier molecular flexibility index (Phi) is 6.03. The first-order valence-corrected chi connectivity index (χ1v) is 9.48. The number of anilines is 2. The number of hydrogen-bond donors (Lipinski definition) is 5. The number of aliphatic imine (C=N–C) groups is 1. The first-order valence-electron chi connectivity index (χ1n) is 8.60. The molecule has 0 aromatic heterocycles. The highest BCUT2D eigenvalue weighted by molar-refractivity contribution is 8.15. The zero-order chi connectivity index (χ0) is 21.0. The standard InChI is InChI=1S/C19H19N5O4S/c1-10(25)21-12-4-2-11(3-5-12)17(28)24-18-15(16(20)27)23-19(29-18)22-13-6-8-14(26)9-7-13/h2-9,15,18,26H,1H3,(H2,20,27)(H,21,25)(H,22,23)(H,24,28). The molecule has 0 saturated heterocycles. The minimum atomic E-state index is -0.929. The van der Waals surface area contributed by atoms with Crippen LogP contribution in [0.1, 0.15) is 17.3 Å². The number of nitrogens with two attached hydrogens (primary N) is 1. The molecule has 2 aromatic carbocycles. The quantitative estimate of drug-likeness (QED) is 0.469. The van der Waals surface area contributed by atoms with Crippen molar-refractivity contribution < 1.29 is 19.5 Å². The molecule has 1 heterocycles. The number of amidine groups is 1. The summed E-state index contributed by atoms with van der Waals surface area (Å²) in [6, 6.07) is 11.8. The molecule has 2 aromatic rings. The van der Waals surface area contributed by atoms with Crippen LogP contribution in [0.3, 0.4) is 0 Å². The topological polar surface area (TPSA) is 146 Å². The van der Waals surface area contributed by atoms with Gasteiger partial charge in [0, 0.05) is 23.9 Å². The van der Waals surface area contributed by atoms with Gasteiger partial charge in [-0.15, -0.1) is 0 Å². The van der Waals surface area contributed by atoms with Gasteiger partial charge in [-0.2, -0.15) is 0 Å². The predicted octanol–water partition coefficient (Wildman–Crippen LogP) is 1.48. The van der Waals surface area contributed by atoms with E-state index in [1.165, 1.54) is 30.8 Å². The third kappa shape index (κ3) is 5.26. The van der Waals surface area contributed by atoms with Crippen molar-refractivity contribution in [2.75, 3.05) is 10.6 Å². The second-order valence-corrected chi connectivity index (χ2v) is 7.35. The maximum Gasteiger partial charge on any atom is 0.252 e. The normalized spacial score (nSPS) is 17.9.